The second kappa shape index (κ2) is 7.97. The number of carboxylic acids is 2. The number of allylic oxidation sites excluding steroid dienone is 1. The van der Waals surface area contributed by atoms with Crippen molar-refractivity contribution in [3.8, 4) is 11.5 Å². The first-order valence-electron chi connectivity index (χ1n) is 7.45. The summed E-state index contributed by atoms with van der Waals surface area (Å²) in [6.45, 7) is 3.37. The molecule has 0 unspecified atom stereocenters. The maximum absolute atomic E-state index is 11.4. The minimum absolute atomic E-state index is 0.198. The van der Waals surface area contributed by atoms with E-state index in [1.807, 2.05) is 24.3 Å². The Morgan fingerprint density at radius 3 is 1.88 bits per heavy atom. The highest BCUT2D eigenvalue weighted by atomic mass is 16.5. The van der Waals surface area contributed by atoms with E-state index in [0.29, 0.717) is 29.0 Å². The van der Waals surface area contributed by atoms with Crippen molar-refractivity contribution >= 4 is 11.9 Å². The highest BCUT2D eigenvalue weighted by molar-refractivity contribution is 5.83. The Kier molecular flexibility index (Phi) is 5.73. The molecule has 0 bridgehead atoms. The molecule has 0 saturated heterocycles. The zero-order chi connectivity index (χ0) is 17.5. The lowest BCUT2D eigenvalue weighted by Gasteiger charge is -2.25. The molecule has 24 heavy (non-hydrogen) atoms. The van der Waals surface area contributed by atoms with Crippen LogP contribution in [0.15, 0.2) is 61.2 Å². The average Bonchev–Trinajstić information content (AvgIpc) is 2.58. The number of benzene rings is 2. The molecule has 2 aromatic carbocycles. The van der Waals surface area contributed by atoms with Crippen molar-refractivity contribution in [1.82, 2.24) is 0 Å². The molecule has 124 valence electrons. The first kappa shape index (κ1) is 17.3. The maximum Gasteiger partial charge on any atom is 0.315 e. The smallest absolute Gasteiger partial charge is 0.315 e. The lowest BCUT2D eigenvalue weighted by molar-refractivity contribution is -0.138. The molecule has 2 aromatic rings. The molecule has 0 amide bonds. The van der Waals surface area contributed by atoms with Gasteiger partial charge in [-0.25, -0.2) is 0 Å². The summed E-state index contributed by atoms with van der Waals surface area (Å²) in [4.78, 5) is 21.1. The molecule has 0 aromatic heterocycles. The minimum atomic E-state index is -0.854. The molecule has 5 heteroatoms. The molecule has 0 saturated carbocycles. The van der Waals surface area contributed by atoms with Gasteiger partial charge in [0.2, 0.25) is 0 Å². The van der Waals surface area contributed by atoms with E-state index < -0.39 is 17.9 Å². The third-order valence-corrected chi connectivity index (χ3v) is 3.49. The van der Waals surface area contributed by atoms with Crippen LogP contribution in [0.2, 0.25) is 0 Å². The molecule has 1 aliphatic rings. The molecule has 1 heterocycles. The van der Waals surface area contributed by atoms with Crippen LogP contribution >= 0.6 is 0 Å². The molecular weight excluding hydrogens is 308 g/mol. The van der Waals surface area contributed by atoms with Gasteiger partial charge in [-0.05, 0) is 18.6 Å². The molecule has 0 fully saturated rings. The lowest BCUT2D eigenvalue weighted by atomic mass is 9.88. The van der Waals surface area contributed by atoms with Crippen LogP contribution in [0.4, 0.5) is 0 Å². The lowest BCUT2D eigenvalue weighted by Crippen LogP contribution is -2.18. The van der Waals surface area contributed by atoms with Crippen molar-refractivity contribution in [3.63, 3.8) is 0 Å². The van der Waals surface area contributed by atoms with Crippen LogP contribution in [0, 0.1) is 0 Å². The van der Waals surface area contributed by atoms with E-state index in [1.54, 1.807) is 30.3 Å². The summed E-state index contributed by atoms with van der Waals surface area (Å²) in [5.41, 5.74) is 1.41. The van der Waals surface area contributed by atoms with Gasteiger partial charge < -0.3 is 14.9 Å². The molecule has 1 aliphatic heterocycles. The van der Waals surface area contributed by atoms with E-state index in [9.17, 15) is 14.7 Å². The molecule has 0 radical (unpaired) electrons. The van der Waals surface area contributed by atoms with Gasteiger partial charge in [0.15, 0.2) is 0 Å². The summed E-state index contributed by atoms with van der Waals surface area (Å²) >= 11 is 0. The van der Waals surface area contributed by atoms with Crippen LogP contribution < -0.4 is 4.74 Å². The molecule has 0 atom stereocenters. The van der Waals surface area contributed by atoms with Gasteiger partial charge in [0.05, 0.1) is 0 Å². The number of hydrogen-bond acceptors (Lipinski definition) is 3. The number of fused-ring (bicyclic) bond motifs is 2. The van der Waals surface area contributed by atoms with Gasteiger partial charge in [-0.3, -0.25) is 9.59 Å². The normalized spacial score (nSPS) is 11.8. The van der Waals surface area contributed by atoms with Crippen molar-refractivity contribution in [1.29, 1.82) is 0 Å². The van der Waals surface area contributed by atoms with E-state index in [2.05, 4.69) is 6.58 Å². The Hall–Kier alpha value is -3.08. The van der Waals surface area contributed by atoms with E-state index in [1.165, 1.54) is 0 Å². The van der Waals surface area contributed by atoms with E-state index >= 15 is 0 Å². The summed E-state index contributed by atoms with van der Waals surface area (Å²) < 4.78 is 5.69. The van der Waals surface area contributed by atoms with E-state index in [-0.39, 0.29) is 6.42 Å². The predicted octanol–water partition coefficient (Wildman–Crippen LogP) is 4.05. The van der Waals surface area contributed by atoms with Crippen LogP contribution in [0.5, 0.6) is 11.5 Å². The monoisotopic (exact) mass is 326 g/mol. The predicted molar refractivity (Wildman–Crippen MR) is 89.5 cm³/mol. The summed E-state index contributed by atoms with van der Waals surface area (Å²) in [5, 5.41) is 17.4. The second-order valence-electron chi connectivity index (χ2n) is 5.17. The fraction of sp³-hybridized carbons (Fsp3) is 0.158. The quantitative estimate of drug-likeness (QED) is 0.828. The molecule has 0 aliphatic carbocycles. The third-order valence-electron chi connectivity index (χ3n) is 3.49. The van der Waals surface area contributed by atoms with Gasteiger partial charge in [-0.15, -0.1) is 6.58 Å². The largest absolute Gasteiger partial charge is 0.481 e. The Morgan fingerprint density at radius 2 is 1.50 bits per heavy atom. The zero-order valence-corrected chi connectivity index (χ0v) is 13.0. The zero-order valence-electron chi connectivity index (χ0n) is 13.0. The van der Waals surface area contributed by atoms with Crippen molar-refractivity contribution in [2.45, 2.75) is 18.8 Å². The first-order chi connectivity index (χ1) is 11.5. The summed E-state index contributed by atoms with van der Waals surface area (Å²) in [6.07, 6.45) is 2.35. The van der Waals surface area contributed by atoms with Crippen molar-refractivity contribution < 1.29 is 24.5 Å². The highest BCUT2D eigenvalue weighted by Crippen LogP contribution is 2.43. The fourth-order valence-corrected chi connectivity index (χ4v) is 2.40. The van der Waals surface area contributed by atoms with Crippen LogP contribution in [0.1, 0.15) is 29.9 Å². The topological polar surface area (TPSA) is 83.8 Å². The Balaban J connectivity index is 0.000000256. The highest BCUT2D eigenvalue weighted by Gasteiger charge is 2.31. The van der Waals surface area contributed by atoms with Crippen LogP contribution in [0.3, 0.4) is 0 Å². The molecule has 5 nitrogen and oxygen atoms in total. The SMILES string of the molecule is C=CCCC(=O)O.O=C(O)C1c2ccccc2Oc2ccccc21. The van der Waals surface area contributed by atoms with Gasteiger partial charge >= 0.3 is 11.9 Å². The molecule has 2 N–H and O–H groups in total. The van der Waals surface area contributed by atoms with Crippen LogP contribution in [-0.2, 0) is 9.59 Å². The fourth-order valence-electron chi connectivity index (χ4n) is 2.40. The molecule has 0 spiro atoms. The standard InChI is InChI=1S/C14H10O3.C5H8O2/c15-14(16)13-9-5-1-3-7-11(9)17-12-8-4-2-6-10(12)13;1-2-3-4-5(6)7/h1-8,13H,(H,15,16);2H,1,3-4H2,(H,6,7). The average molecular weight is 326 g/mol. The third kappa shape index (κ3) is 4.01. The minimum Gasteiger partial charge on any atom is -0.481 e. The Labute approximate surface area is 139 Å². The van der Waals surface area contributed by atoms with Crippen molar-refractivity contribution in [2.75, 3.05) is 0 Å². The number of ether oxygens (including phenoxy) is 1. The van der Waals surface area contributed by atoms with Gasteiger partial charge in [0.25, 0.3) is 0 Å². The van der Waals surface area contributed by atoms with Crippen molar-refractivity contribution in [2.24, 2.45) is 0 Å². The Bertz CT molecular complexity index is 705. The number of para-hydroxylation sites is 2. The molecule has 3 rings (SSSR count). The van der Waals surface area contributed by atoms with Crippen LogP contribution in [0.25, 0.3) is 0 Å². The second-order valence-corrected chi connectivity index (χ2v) is 5.17. The van der Waals surface area contributed by atoms with Gasteiger partial charge in [0, 0.05) is 17.5 Å². The van der Waals surface area contributed by atoms with Crippen LogP contribution in [-0.4, -0.2) is 22.2 Å². The number of rotatable bonds is 4. The Morgan fingerprint density at radius 1 is 1.00 bits per heavy atom. The maximum atomic E-state index is 11.4. The summed E-state index contributed by atoms with van der Waals surface area (Å²) in [5.74, 6) is -1.01. The van der Waals surface area contributed by atoms with E-state index in [0.717, 1.165) is 0 Å². The number of hydrogen-bond donors (Lipinski definition) is 2. The molecular formula is C19H18O5. The van der Waals surface area contributed by atoms with E-state index in [4.69, 9.17) is 9.84 Å². The summed E-state index contributed by atoms with van der Waals surface area (Å²) in [7, 11) is 0. The summed E-state index contributed by atoms with van der Waals surface area (Å²) in [6, 6.07) is 14.5. The van der Waals surface area contributed by atoms with Gasteiger partial charge in [-0.1, -0.05) is 42.5 Å². The number of carbonyl (C=O) groups is 2. The van der Waals surface area contributed by atoms with Gasteiger partial charge in [0.1, 0.15) is 17.4 Å². The van der Waals surface area contributed by atoms with Crippen molar-refractivity contribution in [3.05, 3.63) is 72.3 Å². The van der Waals surface area contributed by atoms with Gasteiger partial charge in [-0.2, -0.15) is 0 Å². The first-order valence-corrected chi connectivity index (χ1v) is 7.45. The number of aliphatic carboxylic acids is 2. The number of carboxylic acid groups (broad SMARTS) is 2.